The van der Waals surface area contributed by atoms with Gasteiger partial charge in [-0.15, -0.1) is 0 Å². The average molecular weight is 373 g/mol. The van der Waals surface area contributed by atoms with Gasteiger partial charge < -0.3 is 10.2 Å². The van der Waals surface area contributed by atoms with Gasteiger partial charge in [-0.05, 0) is 87.0 Å². The van der Waals surface area contributed by atoms with Crippen LogP contribution < -0.4 is 0 Å². The van der Waals surface area contributed by atoms with Crippen LogP contribution in [0.2, 0.25) is 0 Å². The lowest BCUT2D eigenvalue weighted by molar-refractivity contribution is -0.0727. The lowest BCUT2D eigenvalue weighted by Crippen LogP contribution is -2.47. The first kappa shape index (κ1) is 20.9. The Morgan fingerprint density at radius 3 is 2.70 bits per heavy atom. The fourth-order valence-electron chi connectivity index (χ4n) is 6.58. The third kappa shape index (κ3) is 3.85. The van der Waals surface area contributed by atoms with Crippen molar-refractivity contribution >= 4 is 0 Å². The minimum atomic E-state index is -0.641. The van der Waals surface area contributed by atoms with Crippen LogP contribution in [0.4, 0.5) is 0 Å². The lowest BCUT2D eigenvalue weighted by atomic mass is 9.61. The zero-order chi connectivity index (χ0) is 19.8. The standard InChI is InChI=1S/C25H40O2/c1-17(2)7-6-8-18(3)21-13-14-24(5)16-25(27)19(4)9-11-22(25)20(15-26)10-12-23(21)24/h6-8,10,18-19,21-23,26-27H,9,11-16H2,1-5H3/b8-6-,20-10-/t18-,19+,21+,22+,23-,24+,25+/m0/s1. The average Bonchev–Trinajstić information content (AvgIpc) is 3.05. The summed E-state index contributed by atoms with van der Waals surface area (Å²) < 4.78 is 0. The second kappa shape index (κ2) is 7.87. The van der Waals surface area contributed by atoms with Gasteiger partial charge in [0.05, 0.1) is 12.2 Å². The quantitative estimate of drug-likeness (QED) is 0.493. The van der Waals surface area contributed by atoms with Crippen LogP contribution in [0.25, 0.3) is 0 Å². The van der Waals surface area contributed by atoms with E-state index in [0.29, 0.717) is 23.7 Å². The van der Waals surface area contributed by atoms with E-state index in [1.807, 2.05) is 0 Å². The molecule has 2 saturated carbocycles. The molecule has 3 aliphatic carbocycles. The number of aliphatic hydroxyl groups excluding tert-OH is 1. The smallest absolute Gasteiger partial charge is 0.0744 e. The van der Waals surface area contributed by atoms with Gasteiger partial charge in [0, 0.05) is 5.92 Å². The third-order valence-corrected chi connectivity index (χ3v) is 8.28. The molecule has 3 rings (SSSR count). The number of fused-ring (bicyclic) bond motifs is 2. The van der Waals surface area contributed by atoms with Crippen LogP contribution in [0.1, 0.15) is 73.1 Å². The number of aliphatic hydroxyl groups is 2. The van der Waals surface area contributed by atoms with E-state index in [1.165, 1.54) is 18.4 Å². The van der Waals surface area contributed by atoms with Gasteiger partial charge in [-0.2, -0.15) is 0 Å². The molecule has 2 N–H and O–H groups in total. The van der Waals surface area contributed by atoms with E-state index in [9.17, 15) is 10.2 Å². The molecule has 0 amide bonds. The number of hydrogen-bond donors (Lipinski definition) is 2. The highest BCUT2D eigenvalue weighted by Crippen LogP contribution is 2.60. The summed E-state index contributed by atoms with van der Waals surface area (Å²) >= 11 is 0. The summed E-state index contributed by atoms with van der Waals surface area (Å²) in [5.41, 5.74) is 1.99. The molecular weight excluding hydrogens is 332 g/mol. The van der Waals surface area contributed by atoms with Crippen LogP contribution in [0.15, 0.2) is 35.5 Å². The molecule has 3 aliphatic rings. The van der Waals surface area contributed by atoms with Gasteiger partial charge in [-0.3, -0.25) is 0 Å². The molecule has 0 heterocycles. The summed E-state index contributed by atoms with van der Waals surface area (Å²) in [7, 11) is 0. The van der Waals surface area contributed by atoms with Gasteiger partial charge in [0.25, 0.3) is 0 Å². The van der Waals surface area contributed by atoms with Gasteiger partial charge in [-0.25, -0.2) is 0 Å². The Kier molecular flexibility index (Phi) is 6.08. The summed E-state index contributed by atoms with van der Waals surface area (Å²) in [4.78, 5) is 0. The molecule has 7 atom stereocenters. The predicted molar refractivity (Wildman–Crippen MR) is 113 cm³/mol. The summed E-state index contributed by atoms with van der Waals surface area (Å²) in [6.45, 7) is 11.4. The minimum Gasteiger partial charge on any atom is -0.392 e. The van der Waals surface area contributed by atoms with Crippen molar-refractivity contribution in [3.8, 4) is 0 Å². The van der Waals surface area contributed by atoms with E-state index in [0.717, 1.165) is 31.3 Å². The molecule has 0 radical (unpaired) electrons. The van der Waals surface area contributed by atoms with E-state index in [1.54, 1.807) is 0 Å². The van der Waals surface area contributed by atoms with E-state index in [2.05, 4.69) is 58.9 Å². The summed E-state index contributed by atoms with van der Waals surface area (Å²) in [6.07, 6.45) is 15.6. The first-order valence-electron chi connectivity index (χ1n) is 11.0. The molecule has 152 valence electrons. The van der Waals surface area contributed by atoms with Crippen LogP contribution in [0.5, 0.6) is 0 Å². The molecule has 0 saturated heterocycles. The maximum Gasteiger partial charge on any atom is 0.0744 e. The van der Waals surface area contributed by atoms with Crippen LogP contribution >= 0.6 is 0 Å². The summed E-state index contributed by atoms with van der Waals surface area (Å²) in [6, 6.07) is 0. The van der Waals surface area contributed by atoms with Crippen molar-refractivity contribution in [2.24, 2.45) is 35.0 Å². The molecule has 2 nitrogen and oxygen atoms in total. The van der Waals surface area contributed by atoms with Gasteiger partial charge in [0.15, 0.2) is 0 Å². The number of allylic oxidation sites excluding steroid dienone is 5. The molecule has 0 bridgehead atoms. The largest absolute Gasteiger partial charge is 0.392 e. The van der Waals surface area contributed by atoms with Gasteiger partial charge in [0.1, 0.15) is 0 Å². The van der Waals surface area contributed by atoms with Crippen molar-refractivity contribution in [1.82, 2.24) is 0 Å². The summed E-state index contributed by atoms with van der Waals surface area (Å²) in [5.74, 6) is 2.27. The maximum absolute atomic E-state index is 11.8. The van der Waals surface area contributed by atoms with Crippen LogP contribution in [-0.2, 0) is 0 Å². The van der Waals surface area contributed by atoms with Crippen LogP contribution in [-0.4, -0.2) is 22.4 Å². The fraction of sp³-hybridized carbons (Fsp3) is 0.760. The zero-order valence-electron chi connectivity index (χ0n) is 18.0. The minimum absolute atomic E-state index is 0.101. The maximum atomic E-state index is 11.8. The van der Waals surface area contributed by atoms with Crippen molar-refractivity contribution in [1.29, 1.82) is 0 Å². The molecule has 0 aromatic rings. The first-order chi connectivity index (χ1) is 12.7. The molecular formula is C25H40O2. The Hall–Kier alpha value is -0.860. The Balaban J connectivity index is 1.89. The predicted octanol–water partition coefficient (Wildman–Crippen LogP) is 5.67. The van der Waals surface area contributed by atoms with Crippen LogP contribution in [0.3, 0.4) is 0 Å². The van der Waals surface area contributed by atoms with Gasteiger partial charge in [-0.1, -0.05) is 50.6 Å². The second-order valence-corrected chi connectivity index (χ2v) is 10.3. The molecule has 0 aliphatic heterocycles. The highest BCUT2D eigenvalue weighted by atomic mass is 16.3. The van der Waals surface area contributed by atoms with E-state index in [4.69, 9.17) is 0 Å². The number of hydrogen-bond acceptors (Lipinski definition) is 2. The Labute approximate surface area is 166 Å². The molecule has 0 unspecified atom stereocenters. The molecule has 0 spiro atoms. The highest BCUT2D eigenvalue weighted by Gasteiger charge is 2.56. The van der Waals surface area contributed by atoms with Crippen molar-refractivity contribution in [2.75, 3.05) is 6.61 Å². The Bertz CT molecular complexity index is 626. The van der Waals surface area contributed by atoms with Gasteiger partial charge in [0.2, 0.25) is 0 Å². The first-order valence-corrected chi connectivity index (χ1v) is 11.0. The third-order valence-electron chi connectivity index (χ3n) is 8.28. The highest BCUT2D eigenvalue weighted by molar-refractivity contribution is 5.22. The molecule has 2 fully saturated rings. The Morgan fingerprint density at radius 1 is 1.30 bits per heavy atom. The SMILES string of the molecule is CC(C)=C/C=C\[C@H](C)[C@H]1CC[C@]2(C)C[C@@]3(O)[C@H](C)CC[C@@H]3/C(CO)=C\C[C@@H]12. The second-order valence-electron chi connectivity index (χ2n) is 10.3. The van der Waals surface area contributed by atoms with Crippen molar-refractivity contribution in [3.05, 3.63) is 35.5 Å². The summed E-state index contributed by atoms with van der Waals surface area (Å²) in [5, 5.41) is 21.8. The topological polar surface area (TPSA) is 40.5 Å². The number of rotatable bonds is 4. The molecule has 27 heavy (non-hydrogen) atoms. The Morgan fingerprint density at radius 2 is 2.04 bits per heavy atom. The van der Waals surface area contributed by atoms with Crippen molar-refractivity contribution in [2.45, 2.75) is 78.7 Å². The van der Waals surface area contributed by atoms with Gasteiger partial charge >= 0.3 is 0 Å². The monoisotopic (exact) mass is 372 g/mol. The van der Waals surface area contributed by atoms with E-state index in [-0.39, 0.29) is 17.9 Å². The van der Waals surface area contributed by atoms with E-state index < -0.39 is 5.60 Å². The van der Waals surface area contributed by atoms with Crippen molar-refractivity contribution in [3.63, 3.8) is 0 Å². The normalized spacial score (nSPS) is 44.8. The fourth-order valence-corrected chi connectivity index (χ4v) is 6.58. The van der Waals surface area contributed by atoms with E-state index >= 15 is 0 Å². The molecule has 0 aromatic carbocycles. The zero-order valence-corrected chi connectivity index (χ0v) is 18.0. The lowest BCUT2D eigenvalue weighted by Gasteiger charge is -2.46. The molecule has 0 aromatic heterocycles. The van der Waals surface area contributed by atoms with Crippen LogP contribution in [0, 0.1) is 35.0 Å². The molecule has 2 heteroatoms. The van der Waals surface area contributed by atoms with Crippen molar-refractivity contribution < 1.29 is 10.2 Å².